The van der Waals surface area contributed by atoms with Crippen LogP contribution in [0.25, 0.3) is 11.2 Å². The molecule has 2 aliphatic rings. The van der Waals surface area contributed by atoms with Crippen LogP contribution in [0.3, 0.4) is 0 Å². The Morgan fingerprint density at radius 1 is 1.26 bits per heavy atom. The molecule has 1 aromatic carbocycles. The number of fused-ring (bicyclic) bond motifs is 1. The molecule has 162 valence electrons. The van der Waals surface area contributed by atoms with Crippen molar-refractivity contribution in [2.24, 2.45) is 5.92 Å². The van der Waals surface area contributed by atoms with Crippen molar-refractivity contribution in [3.05, 3.63) is 47.9 Å². The molecule has 0 unspecified atom stereocenters. The molecule has 0 radical (unpaired) electrons. The van der Waals surface area contributed by atoms with Crippen molar-refractivity contribution in [3.8, 4) is 5.75 Å². The highest BCUT2D eigenvalue weighted by atomic mass is 16.5. The van der Waals surface area contributed by atoms with Gasteiger partial charge in [-0.15, -0.1) is 0 Å². The first kappa shape index (κ1) is 19.8. The summed E-state index contributed by atoms with van der Waals surface area (Å²) < 4.78 is 7.57. The van der Waals surface area contributed by atoms with Gasteiger partial charge >= 0.3 is 6.03 Å². The van der Waals surface area contributed by atoms with Crippen LogP contribution < -0.4 is 10.1 Å². The van der Waals surface area contributed by atoms with Crippen molar-refractivity contribution in [2.45, 2.75) is 45.1 Å². The van der Waals surface area contributed by atoms with Crippen LogP contribution in [0.1, 0.15) is 43.0 Å². The molecule has 7 nitrogen and oxygen atoms in total. The standard InChI is InChI=1S/C24H29N5O2/c1-16-13-19(31-2)9-10-20(16)27-24(30)28-12-4-5-17(14-28)15-29-22(18-7-8-18)26-21-6-3-11-25-23(21)29/h3,6,9-11,13,17-18H,4-5,7-8,12,14-15H2,1-2H3,(H,27,30)/t17-/m0/s1. The second-order valence-corrected chi connectivity index (χ2v) is 8.77. The van der Waals surface area contributed by atoms with Gasteiger partial charge in [0.2, 0.25) is 0 Å². The summed E-state index contributed by atoms with van der Waals surface area (Å²) in [5.41, 5.74) is 3.77. The number of carbonyl (C=O) groups excluding carboxylic acids is 1. The normalized spacial score (nSPS) is 18.9. The van der Waals surface area contributed by atoms with Crippen LogP contribution in [0.5, 0.6) is 5.75 Å². The maximum atomic E-state index is 13.0. The molecular weight excluding hydrogens is 390 g/mol. The number of carbonyl (C=O) groups is 1. The van der Waals surface area contributed by atoms with Gasteiger partial charge < -0.3 is 19.5 Å². The van der Waals surface area contributed by atoms with Gasteiger partial charge in [-0.1, -0.05) is 0 Å². The molecule has 5 rings (SSSR count). The third-order valence-corrected chi connectivity index (χ3v) is 6.40. The molecule has 2 aromatic heterocycles. The van der Waals surface area contributed by atoms with E-state index in [0.717, 1.165) is 60.6 Å². The Bertz CT molecular complexity index is 1100. The predicted molar refractivity (Wildman–Crippen MR) is 121 cm³/mol. The van der Waals surface area contributed by atoms with E-state index in [1.807, 2.05) is 48.4 Å². The largest absolute Gasteiger partial charge is 0.497 e. The second-order valence-electron chi connectivity index (χ2n) is 8.77. The third-order valence-electron chi connectivity index (χ3n) is 6.40. The van der Waals surface area contributed by atoms with Gasteiger partial charge in [0.15, 0.2) is 5.65 Å². The van der Waals surface area contributed by atoms with Gasteiger partial charge in [-0.3, -0.25) is 0 Å². The second kappa shape index (κ2) is 8.21. The zero-order valence-corrected chi connectivity index (χ0v) is 18.2. The number of rotatable bonds is 5. The molecule has 3 aromatic rings. The number of amides is 2. The van der Waals surface area contributed by atoms with E-state index in [1.54, 1.807) is 7.11 Å². The SMILES string of the molecule is COc1ccc(NC(=O)N2CCC[C@H](Cn3c(C4CC4)nc4cccnc43)C2)c(C)c1. The third kappa shape index (κ3) is 4.09. The first-order chi connectivity index (χ1) is 15.1. The van der Waals surface area contributed by atoms with E-state index in [9.17, 15) is 4.79 Å². The summed E-state index contributed by atoms with van der Waals surface area (Å²) >= 11 is 0. The number of nitrogens with one attached hydrogen (secondary N) is 1. The van der Waals surface area contributed by atoms with Gasteiger partial charge in [0.05, 0.1) is 7.11 Å². The highest BCUT2D eigenvalue weighted by Gasteiger charge is 2.32. The molecule has 1 saturated carbocycles. The average molecular weight is 420 g/mol. The minimum atomic E-state index is -0.0333. The fraction of sp³-hybridized carbons (Fsp3) is 0.458. The molecule has 7 heteroatoms. The molecule has 1 atom stereocenters. The molecule has 1 N–H and O–H groups in total. The molecule has 0 spiro atoms. The topological polar surface area (TPSA) is 72.3 Å². The number of hydrogen-bond acceptors (Lipinski definition) is 4. The van der Waals surface area contributed by atoms with Gasteiger partial charge in [0, 0.05) is 37.4 Å². The van der Waals surface area contributed by atoms with Crippen molar-refractivity contribution in [1.29, 1.82) is 0 Å². The Balaban J connectivity index is 1.29. The van der Waals surface area contributed by atoms with Gasteiger partial charge in [-0.2, -0.15) is 0 Å². The van der Waals surface area contributed by atoms with Crippen molar-refractivity contribution in [2.75, 3.05) is 25.5 Å². The fourth-order valence-electron chi connectivity index (χ4n) is 4.56. The number of anilines is 1. The van der Waals surface area contributed by atoms with Crippen LogP contribution in [-0.4, -0.2) is 45.7 Å². The summed E-state index contributed by atoms with van der Waals surface area (Å²) in [5.74, 6) is 2.92. The minimum absolute atomic E-state index is 0.0333. The molecule has 0 bridgehead atoms. The average Bonchev–Trinajstić information content (AvgIpc) is 3.58. The lowest BCUT2D eigenvalue weighted by molar-refractivity contribution is 0.170. The smallest absolute Gasteiger partial charge is 0.321 e. The lowest BCUT2D eigenvalue weighted by Crippen LogP contribution is -2.43. The summed E-state index contributed by atoms with van der Waals surface area (Å²) in [6.07, 6.45) is 6.39. The van der Waals surface area contributed by atoms with Crippen LogP contribution in [-0.2, 0) is 6.54 Å². The Morgan fingerprint density at radius 2 is 2.13 bits per heavy atom. The molecule has 31 heavy (non-hydrogen) atoms. The predicted octanol–water partition coefficient (Wildman–Crippen LogP) is 4.57. The number of nitrogens with zero attached hydrogens (tertiary/aromatic N) is 4. The Labute approximate surface area is 182 Å². The summed E-state index contributed by atoms with van der Waals surface area (Å²) in [6.45, 7) is 4.38. The Morgan fingerprint density at radius 3 is 2.90 bits per heavy atom. The number of imidazole rings is 1. The molecule has 1 aliphatic carbocycles. The van der Waals surface area contributed by atoms with Crippen LogP contribution in [0.15, 0.2) is 36.5 Å². The van der Waals surface area contributed by atoms with E-state index in [4.69, 9.17) is 9.72 Å². The van der Waals surface area contributed by atoms with Crippen LogP contribution in [0.2, 0.25) is 0 Å². The number of urea groups is 1. The highest BCUT2D eigenvalue weighted by molar-refractivity contribution is 5.90. The van der Waals surface area contributed by atoms with Crippen molar-refractivity contribution in [3.63, 3.8) is 0 Å². The summed E-state index contributed by atoms with van der Waals surface area (Å²) in [7, 11) is 1.65. The van der Waals surface area contributed by atoms with E-state index in [2.05, 4.69) is 14.9 Å². The number of benzene rings is 1. The highest BCUT2D eigenvalue weighted by Crippen LogP contribution is 2.41. The lowest BCUT2D eigenvalue weighted by Gasteiger charge is -2.33. The number of aromatic nitrogens is 3. The van der Waals surface area contributed by atoms with E-state index in [0.29, 0.717) is 11.8 Å². The number of aryl methyl sites for hydroxylation is 1. The lowest BCUT2D eigenvalue weighted by atomic mass is 9.98. The van der Waals surface area contributed by atoms with Crippen molar-refractivity contribution in [1.82, 2.24) is 19.4 Å². The van der Waals surface area contributed by atoms with Crippen LogP contribution in [0.4, 0.5) is 10.5 Å². The van der Waals surface area contributed by atoms with Gasteiger partial charge in [-0.25, -0.2) is 14.8 Å². The molecule has 2 amide bonds. The fourth-order valence-corrected chi connectivity index (χ4v) is 4.56. The number of hydrogen-bond donors (Lipinski definition) is 1. The number of piperidine rings is 1. The van der Waals surface area contributed by atoms with Crippen LogP contribution >= 0.6 is 0 Å². The molecule has 2 fully saturated rings. The van der Waals surface area contributed by atoms with E-state index < -0.39 is 0 Å². The summed E-state index contributed by atoms with van der Waals surface area (Å²) in [5, 5.41) is 3.08. The summed E-state index contributed by atoms with van der Waals surface area (Å²) in [6, 6.07) is 9.67. The molecular formula is C24H29N5O2. The quantitative estimate of drug-likeness (QED) is 0.658. The molecule has 3 heterocycles. The van der Waals surface area contributed by atoms with E-state index in [1.165, 1.54) is 18.7 Å². The molecule has 1 aliphatic heterocycles. The Kier molecular flexibility index (Phi) is 5.26. The number of pyridine rings is 1. The first-order valence-electron chi connectivity index (χ1n) is 11.1. The number of ether oxygens (including phenoxy) is 1. The van der Waals surface area contributed by atoms with E-state index >= 15 is 0 Å². The minimum Gasteiger partial charge on any atom is -0.497 e. The Hall–Kier alpha value is -3.09. The van der Waals surface area contributed by atoms with Gasteiger partial charge in [-0.05, 0) is 74.4 Å². The number of likely N-dealkylation sites (tertiary alicyclic amines) is 1. The maximum absolute atomic E-state index is 13.0. The zero-order chi connectivity index (χ0) is 21.4. The van der Waals surface area contributed by atoms with Crippen LogP contribution in [0, 0.1) is 12.8 Å². The van der Waals surface area contributed by atoms with Gasteiger partial charge in [0.1, 0.15) is 17.1 Å². The first-order valence-corrected chi connectivity index (χ1v) is 11.1. The monoisotopic (exact) mass is 419 g/mol. The van der Waals surface area contributed by atoms with Crippen molar-refractivity contribution < 1.29 is 9.53 Å². The van der Waals surface area contributed by atoms with E-state index in [-0.39, 0.29) is 6.03 Å². The summed E-state index contributed by atoms with van der Waals surface area (Å²) in [4.78, 5) is 24.4. The zero-order valence-electron chi connectivity index (χ0n) is 18.2. The number of methoxy groups -OCH3 is 1. The van der Waals surface area contributed by atoms with Gasteiger partial charge in [0.25, 0.3) is 0 Å². The maximum Gasteiger partial charge on any atom is 0.321 e. The molecule has 1 saturated heterocycles. The van der Waals surface area contributed by atoms with Crippen molar-refractivity contribution >= 4 is 22.9 Å².